The summed E-state index contributed by atoms with van der Waals surface area (Å²) in [7, 11) is 1.57. The third-order valence-electron chi connectivity index (χ3n) is 1.28. The van der Waals surface area contributed by atoms with Crippen molar-refractivity contribution in [2.45, 2.75) is 0 Å². The van der Waals surface area contributed by atoms with Crippen molar-refractivity contribution in [3.8, 4) is 0 Å². The molecule has 0 aliphatic rings. The first-order chi connectivity index (χ1) is 5.22. The van der Waals surface area contributed by atoms with Gasteiger partial charge < -0.3 is 21.1 Å². The standard InChI is InChI=1S/C6H15N3O2/c1-11-5-4-9(3-2-7)6(8)10/h2-5,7H2,1H3,(H2,8,10). The summed E-state index contributed by atoms with van der Waals surface area (Å²) in [6.07, 6.45) is 0. The van der Waals surface area contributed by atoms with Crippen LogP contribution in [0.5, 0.6) is 0 Å². The van der Waals surface area contributed by atoms with Crippen LogP contribution >= 0.6 is 0 Å². The highest BCUT2D eigenvalue weighted by Crippen LogP contribution is 1.85. The van der Waals surface area contributed by atoms with Gasteiger partial charge >= 0.3 is 6.03 Å². The molecular weight excluding hydrogens is 146 g/mol. The van der Waals surface area contributed by atoms with Gasteiger partial charge in [0.05, 0.1) is 6.61 Å². The Labute approximate surface area is 66.3 Å². The Kier molecular flexibility index (Phi) is 5.50. The summed E-state index contributed by atoms with van der Waals surface area (Å²) in [6, 6.07) is -0.451. The fourth-order valence-electron chi connectivity index (χ4n) is 0.690. The number of methoxy groups -OCH3 is 1. The molecule has 5 nitrogen and oxygen atoms in total. The van der Waals surface area contributed by atoms with Crippen LogP contribution in [-0.2, 0) is 4.74 Å². The van der Waals surface area contributed by atoms with Crippen molar-refractivity contribution in [3.05, 3.63) is 0 Å². The van der Waals surface area contributed by atoms with E-state index in [1.165, 1.54) is 4.90 Å². The van der Waals surface area contributed by atoms with Crippen LogP contribution in [0.25, 0.3) is 0 Å². The van der Waals surface area contributed by atoms with Crippen molar-refractivity contribution in [3.63, 3.8) is 0 Å². The first-order valence-corrected chi connectivity index (χ1v) is 3.45. The summed E-state index contributed by atoms with van der Waals surface area (Å²) in [4.78, 5) is 12.1. The van der Waals surface area contributed by atoms with Crippen molar-refractivity contribution >= 4 is 6.03 Å². The second-order valence-corrected chi connectivity index (χ2v) is 2.11. The van der Waals surface area contributed by atoms with E-state index in [9.17, 15) is 4.79 Å². The Bertz CT molecular complexity index is 118. The molecule has 0 aromatic rings. The van der Waals surface area contributed by atoms with Crippen molar-refractivity contribution in [1.29, 1.82) is 0 Å². The molecule has 0 saturated carbocycles. The molecule has 0 bridgehead atoms. The van der Waals surface area contributed by atoms with E-state index in [1.54, 1.807) is 7.11 Å². The third kappa shape index (κ3) is 4.58. The molecule has 0 rings (SSSR count). The molecule has 0 fully saturated rings. The van der Waals surface area contributed by atoms with Crippen LogP contribution in [0.4, 0.5) is 4.79 Å². The number of primary amides is 1. The first kappa shape index (κ1) is 10.2. The monoisotopic (exact) mass is 161 g/mol. The number of amides is 2. The van der Waals surface area contributed by atoms with Crippen molar-refractivity contribution < 1.29 is 9.53 Å². The molecule has 2 amide bonds. The quantitative estimate of drug-likeness (QED) is 0.541. The van der Waals surface area contributed by atoms with E-state index in [0.29, 0.717) is 26.2 Å². The minimum absolute atomic E-state index is 0.423. The molecule has 11 heavy (non-hydrogen) atoms. The summed E-state index contributed by atoms with van der Waals surface area (Å²) < 4.78 is 4.78. The van der Waals surface area contributed by atoms with Gasteiger partial charge in [-0.3, -0.25) is 0 Å². The van der Waals surface area contributed by atoms with Crippen LogP contribution in [0, 0.1) is 0 Å². The van der Waals surface area contributed by atoms with Gasteiger partial charge in [-0.2, -0.15) is 0 Å². The molecule has 66 valence electrons. The number of hydrogen-bond donors (Lipinski definition) is 2. The summed E-state index contributed by atoms with van der Waals surface area (Å²) >= 11 is 0. The van der Waals surface area contributed by atoms with E-state index in [4.69, 9.17) is 16.2 Å². The number of carbonyl (C=O) groups is 1. The van der Waals surface area contributed by atoms with Gasteiger partial charge in [0.2, 0.25) is 0 Å². The highest BCUT2D eigenvalue weighted by molar-refractivity contribution is 5.71. The Balaban J connectivity index is 3.60. The zero-order valence-electron chi connectivity index (χ0n) is 6.75. The van der Waals surface area contributed by atoms with E-state index in [-0.39, 0.29) is 0 Å². The normalized spacial score (nSPS) is 9.64. The molecule has 0 spiro atoms. The minimum Gasteiger partial charge on any atom is -0.383 e. The molecule has 0 saturated heterocycles. The molecule has 0 heterocycles. The minimum atomic E-state index is -0.451. The fourth-order valence-corrected chi connectivity index (χ4v) is 0.690. The van der Waals surface area contributed by atoms with E-state index < -0.39 is 6.03 Å². The molecule has 0 atom stereocenters. The van der Waals surface area contributed by atoms with E-state index in [1.807, 2.05) is 0 Å². The van der Waals surface area contributed by atoms with Gasteiger partial charge in [-0.15, -0.1) is 0 Å². The maximum atomic E-state index is 10.6. The molecule has 0 aromatic carbocycles. The Morgan fingerprint density at radius 1 is 1.55 bits per heavy atom. The molecule has 0 aliphatic carbocycles. The zero-order chi connectivity index (χ0) is 8.69. The number of nitrogens with zero attached hydrogens (tertiary/aromatic N) is 1. The lowest BCUT2D eigenvalue weighted by Gasteiger charge is -2.18. The first-order valence-electron chi connectivity index (χ1n) is 3.45. The molecule has 0 radical (unpaired) electrons. The summed E-state index contributed by atoms with van der Waals surface area (Å²) in [5.74, 6) is 0. The van der Waals surface area contributed by atoms with Gasteiger partial charge in [0.25, 0.3) is 0 Å². The Morgan fingerprint density at radius 3 is 2.55 bits per heavy atom. The lowest BCUT2D eigenvalue weighted by molar-refractivity contribution is 0.155. The molecule has 4 N–H and O–H groups in total. The van der Waals surface area contributed by atoms with Crippen LogP contribution in [-0.4, -0.2) is 44.3 Å². The Morgan fingerprint density at radius 2 is 2.18 bits per heavy atom. The smallest absolute Gasteiger partial charge is 0.314 e. The largest absolute Gasteiger partial charge is 0.383 e. The van der Waals surface area contributed by atoms with Crippen molar-refractivity contribution in [2.24, 2.45) is 11.5 Å². The van der Waals surface area contributed by atoms with Crippen LogP contribution < -0.4 is 11.5 Å². The highest BCUT2D eigenvalue weighted by Gasteiger charge is 2.06. The van der Waals surface area contributed by atoms with Gasteiger partial charge in [-0.1, -0.05) is 0 Å². The number of rotatable bonds is 5. The van der Waals surface area contributed by atoms with Gasteiger partial charge in [-0.05, 0) is 0 Å². The number of ether oxygens (including phenoxy) is 1. The van der Waals surface area contributed by atoms with E-state index in [2.05, 4.69) is 0 Å². The van der Waals surface area contributed by atoms with E-state index in [0.717, 1.165) is 0 Å². The van der Waals surface area contributed by atoms with Gasteiger partial charge in [0.15, 0.2) is 0 Å². The number of urea groups is 1. The van der Waals surface area contributed by atoms with Crippen LogP contribution in [0.2, 0.25) is 0 Å². The molecule has 0 aromatic heterocycles. The van der Waals surface area contributed by atoms with Gasteiger partial charge in [0, 0.05) is 26.7 Å². The average Bonchev–Trinajstić information content (AvgIpc) is 1.97. The molecule has 0 unspecified atom stereocenters. The SMILES string of the molecule is COCCN(CCN)C(N)=O. The van der Waals surface area contributed by atoms with Crippen LogP contribution in [0.1, 0.15) is 0 Å². The van der Waals surface area contributed by atoms with Crippen LogP contribution in [0.3, 0.4) is 0 Å². The van der Waals surface area contributed by atoms with E-state index >= 15 is 0 Å². The second kappa shape index (κ2) is 5.94. The number of hydrogen-bond acceptors (Lipinski definition) is 3. The van der Waals surface area contributed by atoms with Gasteiger partial charge in [-0.25, -0.2) is 4.79 Å². The fraction of sp³-hybridized carbons (Fsp3) is 0.833. The third-order valence-corrected chi connectivity index (χ3v) is 1.28. The van der Waals surface area contributed by atoms with Crippen molar-refractivity contribution in [1.82, 2.24) is 4.90 Å². The lowest BCUT2D eigenvalue weighted by Crippen LogP contribution is -2.41. The highest BCUT2D eigenvalue weighted by atomic mass is 16.5. The lowest BCUT2D eigenvalue weighted by atomic mass is 10.5. The summed E-state index contributed by atoms with van der Waals surface area (Å²) in [6.45, 7) is 1.90. The molecule has 0 aliphatic heterocycles. The molecule has 5 heteroatoms. The average molecular weight is 161 g/mol. The second-order valence-electron chi connectivity index (χ2n) is 2.11. The van der Waals surface area contributed by atoms with Crippen LogP contribution in [0.15, 0.2) is 0 Å². The number of nitrogens with two attached hydrogens (primary N) is 2. The predicted octanol–water partition coefficient (Wildman–Crippen LogP) is -1.03. The maximum Gasteiger partial charge on any atom is 0.314 e. The number of carbonyl (C=O) groups excluding carboxylic acids is 1. The van der Waals surface area contributed by atoms with Crippen molar-refractivity contribution in [2.75, 3.05) is 33.4 Å². The Hall–Kier alpha value is -0.810. The predicted molar refractivity (Wildman–Crippen MR) is 42.1 cm³/mol. The summed E-state index contributed by atoms with van der Waals surface area (Å²) in [5.41, 5.74) is 10.3. The summed E-state index contributed by atoms with van der Waals surface area (Å²) in [5, 5.41) is 0. The van der Waals surface area contributed by atoms with Gasteiger partial charge in [0.1, 0.15) is 0 Å². The molecular formula is C6H15N3O2. The zero-order valence-corrected chi connectivity index (χ0v) is 6.75. The maximum absolute atomic E-state index is 10.6. The topological polar surface area (TPSA) is 81.6 Å².